The predicted molar refractivity (Wildman–Crippen MR) is 89.9 cm³/mol. The van der Waals surface area contributed by atoms with Crippen molar-refractivity contribution in [3.05, 3.63) is 29.3 Å². The third kappa shape index (κ3) is 5.17. The normalized spacial score (nSPS) is 18.8. The maximum atomic E-state index is 12.4. The number of amides is 1. The van der Waals surface area contributed by atoms with E-state index in [1.807, 2.05) is 0 Å². The van der Waals surface area contributed by atoms with Crippen molar-refractivity contribution >= 4 is 27.5 Å². The molecule has 0 radical (unpaired) electrons. The molecule has 0 spiro atoms. The molecular weight excluding hydrogens is 338 g/mol. The van der Waals surface area contributed by atoms with E-state index in [0.29, 0.717) is 17.5 Å². The van der Waals surface area contributed by atoms with E-state index in [4.69, 9.17) is 11.6 Å². The molecule has 23 heavy (non-hydrogen) atoms. The van der Waals surface area contributed by atoms with Gasteiger partial charge in [0.1, 0.15) is 0 Å². The number of halogens is 1. The second-order valence-corrected chi connectivity index (χ2v) is 8.21. The SMILES string of the molecule is CN(CC(=O)NCC1CCCNC1)S(=O)(=O)c1ccc(Cl)cc1. The number of rotatable bonds is 6. The Labute approximate surface area is 142 Å². The molecule has 2 rings (SSSR count). The first-order chi connectivity index (χ1) is 10.9. The minimum atomic E-state index is -3.69. The van der Waals surface area contributed by atoms with E-state index in [2.05, 4.69) is 10.6 Å². The van der Waals surface area contributed by atoms with Crippen LogP contribution >= 0.6 is 11.6 Å². The molecule has 1 atom stereocenters. The molecule has 0 aromatic heterocycles. The van der Waals surface area contributed by atoms with Gasteiger partial charge in [0, 0.05) is 18.6 Å². The van der Waals surface area contributed by atoms with Gasteiger partial charge in [0.15, 0.2) is 0 Å². The van der Waals surface area contributed by atoms with Gasteiger partial charge in [0.25, 0.3) is 0 Å². The van der Waals surface area contributed by atoms with E-state index < -0.39 is 10.0 Å². The van der Waals surface area contributed by atoms with Crippen LogP contribution in [0.15, 0.2) is 29.2 Å². The van der Waals surface area contributed by atoms with Crippen molar-refractivity contribution in [2.45, 2.75) is 17.7 Å². The number of carbonyl (C=O) groups excluding carboxylic acids is 1. The maximum Gasteiger partial charge on any atom is 0.243 e. The Morgan fingerprint density at radius 1 is 1.39 bits per heavy atom. The Morgan fingerprint density at radius 3 is 2.70 bits per heavy atom. The average molecular weight is 360 g/mol. The molecular formula is C15H22ClN3O3S. The minimum Gasteiger partial charge on any atom is -0.355 e. The fourth-order valence-corrected chi connectivity index (χ4v) is 3.74. The fraction of sp³-hybridized carbons (Fsp3) is 0.533. The third-order valence-corrected chi connectivity index (χ3v) is 5.94. The second kappa shape index (κ2) is 8.10. The Hall–Kier alpha value is -1.15. The molecule has 1 aromatic rings. The van der Waals surface area contributed by atoms with Crippen LogP contribution in [-0.2, 0) is 14.8 Å². The number of likely N-dealkylation sites (N-methyl/N-ethyl adjacent to an activating group) is 1. The van der Waals surface area contributed by atoms with Gasteiger partial charge in [-0.25, -0.2) is 8.42 Å². The van der Waals surface area contributed by atoms with Gasteiger partial charge < -0.3 is 10.6 Å². The van der Waals surface area contributed by atoms with Crippen LogP contribution < -0.4 is 10.6 Å². The van der Waals surface area contributed by atoms with Gasteiger partial charge in [0.05, 0.1) is 11.4 Å². The standard InChI is InChI=1S/C15H22ClN3O3S/c1-19(23(21,22)14-6-4-13(16)5-7-14)11-15(20)18-10-12-3-2-8-17-9-12/h4-7,12,17H,2-3,8-11H2,1H3,(H,18,20). The highest BCUT2D eigenvalue weighted by Gasteiger charge is 2.23. The van der Waals surface area contributed by atoms with Gasteiger partial charge in [-0.05, 0) is 56.1 Å². The van der Waals surface area contributed by atoms with Gasteiger partial charge in [-0.1, -0.05) is 11.6 Å². The summed E-state index contributed by atoms with van der Waals surface area (Å²) in [6.07, 6.45) is 2.18. The number of nitrogens with zero attached hydrogens (tertiary/aromatic N) is 1. The van der Waals surface area contributed by atoms with Crippen LogP contribution in [0.25, 0.3) is 0 Å². The Bertz CT molecular complexity index is 628. The van der Waals surface area contributed by atoms with Crippen LogP contribution in [0.4, 0.5) is 0 Å². The first-order valence-electron chi connectivity index (χ1n) is 7.59. The van der Waals surface area contributed by atoms with Crippen molar-refractivity contribution in [1.82, 2.24) is 14.9 Å². The summed E-state index contributed by atoms with van der Waals surface area (Å²) in [5.41, 5.74) is 0. The van der Waals surface area contributed by atoms with Crippen LogP contribution in [0.5, 0.6) is 0 Å². The van der Waals surface area contributed by atoms with E-state index in [9.17, 15) is 13.2 Å². The first kappa shape index (κ1) is 18.2. The number of hydrogen-bond donors (Lipinski definition) is 2. The summed E-state index contributed by atoms with van der Waals surface area (Å²) in [5.74, 6) is 0.112. The summed E-state index contributed by atoms with van der Waals surface area (Å²) in [6, 6.07) is 5.89. The molecule has 128 valence electrons. The number of sulfonamides is 1. The quantitative estimate of drug-likeness (QED) is 0.796. The smallest absolute Gasteiger partial charge is 0.243 e. The molecule has 6 nitrogen and oxygen atoms in total. The lowest BCUT2D eigenvalue weighted by molar-refractivity contribution is -0.121. The average Bonchev–Trinajstić information content (AvgIpc) is 2.54. The molecule has 1 saturated heterocycles. The molecule has 1 aromatic carbocycles. The summed E-state index contributed by atoms with van der Waals surface area (Å²) in [6.45, 7) is 2.28. The van der Waals surface area contributed by atoms with Gasteiger partial charge in [0.2, 0.25) is 15.9 Å². The maximum absolute atomic E-state index is 12.4. The van der Waals surface area contributed by atoms with E-state index in [1.165, 1.54) is 31.3 Å². The number of piperidine rings is 1. The van der Waals surface area contributed by atoms with Crippen LogP contribution in [0.2, 0.25) is 5.02 Å². The van der Waals surface area contributed by atoms with Crippen LogP contribution in [0.3, 0.4) is 0 Å². The van der Waals surface area contributed by atoms with Crippen LogP contribution in [0.1, 0.15) is 12.8 Å². The van der Waals surface area contributed by atoms with Crippen molar-refractivity contribution in [2.75, 3.05) is 33.2 Å². The Kier molecular flexibility index (Phi) is 6.41. The Balaban J connectivity index is 1.88. The number of hydrogen-bond acceptors (Lipinski definition) is 4. The van der Waals surface area contributed by atoms with Crippen molar-refractivity contribution in [3.8, 4) is 0 Å². The van der Waals surface area contributed by atoms with E-state index >= 15 is 0 Å². The molecule has 0 bridgehead atoms. The van der Waals surface area contributed by atoms with E-state index in [1.54, 1.807) is 0 Å². The highest BCUT2D eigenvalue weighted by Crippen LogP contribution is 2.17. The van der Waals surface area contributed by atoms with Gasteiger partial charge >= 0.3 is 0 Å². The summed E-state index contributed by atoms with van der Waals surface area (Å²) in [7, 11) is -2.30. The Morgan fingerprint density at radius 2 is 2.09 bits per heavy atom. The van der Waals surface area contributed by atoms with Crippen molar-refractivity contribution in [2.24, 2.45) is 5.92 Å². The van der Waals surface area contributed by atoms with Crippen LogP contribution in [-0.4, -0.2) is 51.9 Å². The molecule has 0 aliphatic carbocycles. The van der Waals surface area contributed by atoms with Gasteiger partial charge in [-0.3, -0.25) is 4.79 Å². The summed E-state index contributed by atoms with van der Waals surface area (Å²) < 4.78 is 25.8. The molecule has 1 amide bonds. The van der Waals surface area contributed by atoms with Gasteiger partial charge in [-0.15, -0.1) is 0 Å². The fourth-order valence-electron chi connectivity index (χ4n) is 2.49. The molecule has 2 N–H and O–H groups in total. The zero-order valence-corrected chi connectivity index (χ0v) is 14.7. The molecule has 1 aliphatic rings. The predicted octanol–water partition coefficient (Wildman–Crippen LogP) is 1.08. The summed E-state index contributed by atoms with van der Waals surface area (Å²) in [5, 5.41) is 6.55. The molecule has 1 unspecified atom stereocenters. The lowest BCUT2D eigenvalue weighted by atomic mass is 10.00. The third-order valence-electron chi connectivity index (χ3n) is 3.87. The van der Waals surface area contributed by atoms with E-state index in [-0.39, 0.29) is 17.3 Å². The summed E-state index contributed by atoms with van der Waals surface area (Å²) >= 11 is 5.76. The molecule has 0 saturated carbocycles. The van der Waals surface area contributed by atoms with Crippen molar-refractivity contribution in [1.29, 1.82) is 0 Å². The molecule has 8 heteroatoms. The van der Waals surface area contributed by atoms with Crippen molar-refractivity contribution < 1.29 is 13.2 Å². The van der Waals surface area contributed by atoms with E-state index in [0.717, 1.165) is 30.2 Å². The highest BCUT2D eigenvalue weighted by atomic mass is 35.5. The van der Waals surface area contributed by atoms with Crippen LogP contribution in [0, 0.1) is 5.92 Å². The minimum absolute atomic E-state index is 0.119. The lowest BCUT2D eigenvalue weighted by Gasteiger charge is -2.23. The first-order valence-corrected chi connectivity index (χ1v) is 9.40. The number of carbonyl (C=O) groups is 1. The highest BCUT2D eigenvalue weighted by molar-refractivity contribution is 7.89. The monoisotopic (exact) mass is 359 g/mol. The van der Waals surface area contributed by atoms with Gasteiger partial charge in [-0.2, -0.15) is 4.31 Å². The molecule has 1 heterocycles. The number of nitrogens with one attached hydrogen (secondary N) is 2. The summed E-state index contributed by atoms with van der Waals surface area (Å²) in [4.78, 5) is 12.1. The second-order valence-electron chi connectivity index (χ2n) is 5.73. The van der Waals surface area contributed by atoms with Crippen molar-refractivity contribution in [3.63, 3.8) is 0 Å². The largest absolute Gasteiger partial charge is 0.355 e. The zero-order valence-electron chi connectivity index (χ0n) is 13.1. The molecule has 1 aliphatic heterocycles. The molecule has 1 fully saturated rings. The zero-order chi connectivity index (χ0) is 16.9. The topological polar surface area (TPSA) is 78.5 Å². The number of benzene rings is 1. The lowest BCUT2D eigenvalue weighted by Crippen LogP contribution is -2.42.